The number of benzene rings is 2. The van der Waals surface area contributed by atoms with Gasteiger partial charge in [0.25, 0.3) is 5.91 Å². The van der Waals surface area contributed by atoms with Gasteiger partial charge in [-0.05, 0) is 64.2 Å². The van der Waals surface area contributed by atoms with Crippen molar-refractivity contribution in [2.75, 3.05) is 5.75 Å². The number of pyridine rings is 1. The molecule has 2 heterocycles. The first kappa shape index (κ1) is 24.3. The van der Waals surface area contributed by atoms with Crippen molar-refractivity contribution in [2.45, 2.75) is 46.6 Å². The van der Waals surface area contributed by atoms with Gasteiger partial charge in [0.2, 0.25) is 10.0 Å². The summed E-state index contributed by atoms with van der Waals surface area (Å²) in [6.45, 7) is 6.24. The van der Waals surface area contributed by atoms with Crippen LogP contribution in [0, 0.1) is 13.8 Å². The number of sulfonamides is 1. The Bertz CT molecular complexity index is 1500. The first-order valence-corrected chi connectivity index (χ1v) is 13.7. The molecule has 0 saturated heterocycles. The Morgan fingerprint density at radius 1 is 1.09 bits per heavy atom. The SMILES string of the molecule is CCCCCS(=O)(=O)NC(=O)c1cc(C)c2nc(C)n(Cc3ccc4ccccc4c3Br)c2n1. The minimum absolute atomic E-state index is 0.0581. The van der Waals surface area contributed by atoms with E-state index in [4.69, 9.17) is 0 Å². The molecule has 0 unspecified atom stereocenters. The molecular weight excluding hydrogens is 516 g/mol. The molecule has 0 spiro atoms. The second-order valence-electron chi connectivity index (χ2n) is 8.46. The highest BCUT2D eigenvalue weighted by molar-refractivity contribution is 9.10. The Hall–Kier alpha value is -2.78. The maximum absolute atomic E-state index is 12.8. The Labute approximate surface area is 207 Å². The van der Waals surface area contributed by atoms with Crippen LogP contribution in [0.3, 0.4) is 0 Å². The van der Waals surface area contributed by atoms with Crippen LogP contribution in [0.15, 0.2) is 46.9 Å². The van der Waals surface area contributed by atoms with Gasteiger partial charge in [0.15, 0.2) is 5.65 Å². The number of nitrogens with one attached hydrogen (secondary N) is 1. The van der Waals surface area contributed by atoms with Gasteiger partial charge in [-0.25, -0.2) is 23.1 Å². The van der Waals surface area contributed by atoms with Crippen molar-refractivity contribution in [3.63, 3.8) is 0 Å². The molecular formula is C25H27BrN4O3S. The Kier molecular flexibility index (Phi) is 7.04. The fourth-order valence-electron chi connectivity index (χ4n) is 4.01. The number of halogens is 1. The van der Waals surface area contributed by atoms with E-state index < -0.39 is 15.9 Å². The van der Waals surface area contributed by atoms with Crippen LogP contribution in [-0.4, -0.2) is 34.6 Å². The predicted molar refractivity (Wildman–Crippen MR) is 139 cm³/mol. The molecule has 178 valence electrons. The molecule has 4 aromatic rings. The summed E-state index contributed by atoms with van der Waals surface area (Å²) >= 11 is 3.74. The van der Waals surface area contributed by atoms with Crippen molar-refractivity contribution in [1.82, 2.24) is 19.3 Å². The van der Waals surface area contributed by atoms with Crippen molar-refractivity contribution in [3.8, 4) is 0 Å². The lowest BCUT2D eigenvalue weighted by Crippen LogP contribution is -2.33. The topological polar surface area (TPSA) is 94.0 Å². The molecule has 0 aliphatic heterocycles. The van der Waals surface area contributed by atoms with Crippen molar-refractivity contribution < 1.29 is 13.2 Å². The molecule has 1 N–H and O–H groups in total. The zero-order chi connectivity index (χ0) is 24.5. The number of rotatable bonds is 8. The highest BCUT2D eigenvalue weighted by atomic mass is 79.9. The van der Waals surface area contributed by atoms with E-state index in [9.17, 15) is 13.2 Å². The van der Waals surface area contributed by atoms with E-state index in [1.165, 1.54) is 0 Å². The van der Waals surface area contributed by atoms with Gasteiger partial charge in [0, 0.05) is 4.47 Å². The van der Waals surface area contributed by atoms with Crippen molar-refractivity contribution in [1.29, 1.82) is 0 Å². The van der Waals surface area contributed by atoms with E-state index in [1.54, 1.807) is 6.07 Å². The summed E-state index contributed by atoms with van der Waals surface area (Å²) in [5.41, 5.74) is 3.11. The second-order valence-corrected chi connectivity index (χ2v) is 11.1. The van der Waals surface area contributed by atoms with Gasteiger partial charge in [-0.15, -0.1) is 0 Å². The number of hydrogen-bond acceptors (Lipinski definition) is 5. The third kappa shape index (κ3) is 5.00. The number of amides is 1. The molecule has 2 aromatic heterocycles. The summed E-state index contributed by atoms with van der Waals surface area (Å²) in [5, 5.41) is 2.25. The number of hydrogen-bond donors (Lipinski definition) is 1. The monoisotopic (exact) mass is 542 g/mol. The number of carbonyl (C=O) groups is 1. The molecule has 7 nitrogen and oxygen atoms in total. The van der Waals surface area contributed by atoms with Gasteiger partial charge in [-0.3, -0.25) is 4.79 Å². The van der Waals surface area contributed by atoms with Gasteiger partial charge < -0.3 is 4.57 Å². The number of imidazole rings is 1. The van der Waals surface area contributed by atoms with Gasteiger partial charge >= 0.3 is 0 Å². The number of aromatic nitrogens is 3. The summed E-state index contributed by atoms with van der Waals surface area (Å²) in [6, 6.07) is 13.9. The molecule has 0 aliphatic carbocycles. The zero-order valence-electron chi connectivity index (χ0n) is 19.4. The lowest BCUT2D eigenvalue weighted by Gasteiger charge is -2.12. The number of nitrogens with zero attached hydrogens (tertiary/aromatic N) is 3. The van der Waals surface area contributed by atoms with E-state index in [2.05, 4.69) is 54.9 Å². The predicted octanol–water partition coefficient (Wildman–Crippen LogP) is 5.26. The van der Waals surface area contributed by atoms with Gasteiger partial charge in [0.1, 0.15) is 17.0 Å². The Balaban J connectivity index is 1.69. The number of fused-ring (bicyclic) bond motifs is 2. The minimum atomic E-state index is -3.72. The molecule has 1 amide bonds. The average molecular weight is 543 g/mol. The maximum atomic E-state index is 12.8. The molecule has 34 heavy (non-hydrogen) atoms. The molecule has 2 aromatic carbocycles. The largest absolute Gasteiger partial charge is 0.308 e. The fraction of sp³-hybridized carbons (Fsp3) is 0.320. The third-order valence-corrected chi connectivity index (χ3v) is 8.11. The molecule has 0 bridgehead atoms. The molecule has 9 heteroatoms. The first-order chi connectivity index (χ1) is 16.2. The Morgan fingerprint density at radius 2 is 1.85 bits per heavy atom. The average Bonchev–Trinajstić information content (AvgIpc) is 3.11. The normalized spacial score (nSPS) is 11.9. The number of carbonyl (C=O) groups excluding carboxylic acids is 1. The van der Waals surface area contributed by atoms with Crippen LogP contribution in [0.5, 0.6) is 0 Å². The van der Waals surface area contributed by atoms with Crippen LogP contribution in [0.4, 0.5) is 0 Å². The maximum Gasteiger partial charge on any atom is 0.283 e. The first-order valence-electron chi connectivity index (χ1n) is 11.3. The van der Waals surface area contributed by atoms with Crippen LogP contribution >= 0.6 is 15.9 Å². The molecule has 0 fully saturated rings. The van der Waals surface area contributed by atoms with Crippen LogP contribution < -0.4 is 4.72 Å². The van der Waals surface area contributed by atoms with Crippen LogP contribution in [-0.2, 0) is 16.6 Å². The van der Waals surface area contributed by atoms with Gasteiger partial charge in [-0.2, -0.15) is 0 Å². The Morgan fingerprint density at radius 3 is 2.62 bits per heavy atom. The quantitative estimate of drug-likeness (QED) is 0.306. The van der Waals surface area contributed by atoms with E-state index in [1.807, 2.05) is 37.5 Å². The van der Waals surface area contributed by atoms with Gasteiger partial charge in [0.05, 0.1) is 12.3 Å². The lowest BCUT2D eigenvalue weighted by atomic mass is 10.1. The highest BCUT2D eigenvalue weighted by Gasteiger charge is 2.21. The fourth-order valence-corrected chi connectivity index (χ4v) is 5.71. The third-order valence-electron chi connectivity index (χ3n) is 5.85. The van der Waals surface area contributed by atoms with E-state index in [0.717, 1.165) is 45.0 Å². The van der Waals surface area contributed by atoms with Crippen molar-refractivity contribution in [3.05, 3.63) is 69.6 Å². The van der Waals surface area contributed by atoms with Gasteiger partial charge in [-0.1, -0.05) is 56.2 Å². The summed E-state index contributed by atoms with van der Waals surface area (Å²) in [5.74, 6) is -0.0462. The summed E-state index contributed by atoms with van der Waals surface area (Å²) in [7, 11) is -3.72. The van der Waals surface area contributed by atoms with Crippen molar-refractivity contribution in [2.24, 2.45) is 0 Å². The second kappa shape index (κ2) is 9.84. The van der Waals surface area contributed by atoms with E-state index >= 15 is 0 Å². The summed E-state index contributed by atoms with van der Waals surface area (Å²) in [4.78, 5) is 22.0. The smallest absolute Gasteiger partial charge is 0.283 e. The molecule has 0 saturated carbocycles. The molecule has 0 atom stereocenters. The van der Waals surface area contributed by atoms with Crippen LogP contribution in [0.25, 0.3) is 21.9 Å². The van der Waals surface area contributed by atoms with E-state index in [-0.39, 0.29) is 11.4 Å². The number of aryl methyl sites for hydroxylation is 2. The highest BCUT2D eigenvalue weighted by Crippen LogP contribution is 2.29. The lowest BCUT2D eigenvalue weighted by molar-refractivity contribution is 0.0976. The standard InChI is InChI=1S/C25H27BrN4O3S/c1-4-5-8-13-34(32,33)29-25(31)21-14-16(2)23-24(28-21)30(17(3)27-23)15-19-12-11-18-9-6-7-10-20(18)22(19)26/h6-7,9-12,14H,4-5,8,13,15H2,1-3H3,(H,29,31). The van der Waals surface area contributed by atoms with E-state index in [0.29, 0.717) is 24.1 Å². The zero-order valence-corrected chi connectivity index (χ0v) is 21.8. The van der Waals surface area contributed by atoms with Crippen LogP contribution in [0.1, 0.15) is 53.6 Å². The molecule has 0 aliphatic rings. The summed E-state index contributed by atoms with van der Waals surface area (Å²) in [6.07, 6.45) is 2.20. The molecule has 0 radical (unpaired) electrons. The van der Waals surface area contributed by atoms with Crippen LogP contribution in [0.2, 0.25) is 0 Å². The number of unbranched alkanes of at least 4 members (excludes halogenated alkanes) is 2. The molecule has 4 rings (SSSR count). The van der Waals surface area contributed by atoms with Crippen molar-refractivity contribution >= 4 is 53.8 Å². The minimum Gasteiger partial charge on any atom is -0.308 e. The summed E-state index contributed by atoms with van der Waals surface area (Å²) < 4.78 is 29.7.